The van der Waals surface area contributed by atoms with Crippen LogP contribution in [0.1, 0.15) is 71.6 Å². The van der Waals surface area contributed by atoms with Crippen molar-refractivity contribution in [1.29, 1.82) is 0 Å². The van der Waals surface area contributed by atoms with Crippen LogP contribution in [0.3, 0.4) is 0 Å². The Balaban J connectivity index is 2.11. The number of para-hydroxylation sites is 1. The van der Waals surface area contributed by atoms with Crippen molar-refractivity contribution in [2.24, 2.45) is 0 Å². The van der Waals surface area contributed by atoms with Crippen LogP contribution in [-0.2, 0) is 14.6 Å². The van der Waals surface area contributed by atoms with E-state index in [1.165, 1.54) is 30.6 Å². The summed E-state index contributed by atoms with van der Waals surface area (Å²) in [5.41, 5.74) is 0.532. The fourth-order valence-corrected chi connectivity index (χ4v) is 5.50. The molecule has 27 heavy (non-hydrogen) atoms. The Labute approximate surface area is 163 Å². The van der Waals surface area contributed by atoms with Crippen molar-refractivity contribution in [1.82, 2.24) is 0 Å². The van der Waals surface area contributed by atoms with Gasteiger partial charge in [0.15, 0.2) is 9.78 Å². The lowest BCUT2D eigenvalue weighted by atomic mass is 10.0. The summed E-state index contributed by atoms with van der Waals surface area (Å²) in [4.78, 5) is 12.2. The summed E-state index contributed by atoms with van der Waals surface area (Å²) in [5.74, 6) is -0.661. The molecule has 1 atom stereocenters. The maximum absolute atomic E-state index is 13.0. The van der Waals surface area contributed by atoms with E-state index < -0.39 is 25.5 Å². The highest BCUT2D eigenvalue weighted by Crippen LogP contribution is 2.43. The zero-order chi connectivity index (χ0) is 19.9. The van der Waals surface area contributed by atoms with E-state index in [2.05, 4.69) is 6.92 Å². The number of sulfone groups is 1. The van der Waals surface area contributed by atoms with E-state index in [1.54, 1.807) is 31.2 Å². The van der Waals surface area contributed by atoms with Gasteiger partial charge in [0.25, 0.3) is 5.91 Å². The number of benzene rings is 1. The van der Waals surface area contributed by atoms with Gasteiger partial charge in [0.05, 0.1) is 0 Å². The van der Waals surface area contributed by atoms with E-state index in [0.29, 0.717) is 18.4 Å². The van der Waals surface area contributed by atoms with Crippen molar-refractivity contribution >= 4 is 21.4 Å². The lowest BCUT2D eigenvalue weighted by molar-refractivity contribution is -0.114. The summed E-state index contributed by atoms with van der Waals surface area (Å²) in [6, 6.07) is 8.80. The molecule has 6 heteroatoms. The number of hydrogen-bond acceptors (Lipinski definition) is 4. The molecule has 0 bridgehead atoms. The molecule has 1 amide bonds. The number of aliphatic hydroxyl groups excluding tert-OH is 1. The lowest BCUT2D eigenvalue weighted by Crippen LogP contribution is -2.47. The van der Waals surface area contributed by atoms with Crippen molar-refractivity contribution < 1.29 is 18.3 Å². The zero-order valence-electron chi connectivity index (χ0n) is 16.4. The quantitative estimate of drug-likeness (QED) is 0.341. The van der Waals surface area contributed by atoms with Gasteiger partial charge >= 0.3 is 0 Å². The molecule has 150 valence electrons. The number of rotatable bonds is 10. The molecule has 1 saturated heterocycles. The summed E-state index contributed by atoms with van der Waals surface area (Å²) in [6.07, 6.45) is 9.63. The van der Waals surface area contributed by atoms with E-state index >= 15 is 0 Å². The van der Waals surface area contributed by atoms with E-state index in [4.69, 9.17) is 0 Å². The molecule has 1 aromatic carbocycles. The average molecular weight is 394 g/mol. The second-order valence-electron chi connectivity index (χ2n) is 7.37. The van der Waals surface area contributed by atoms with Crippen LogP contribution in [0, 0.1) is 0 Å². The summed E-state index contributed by atoms with van der Waals surface area (Å²) >= 11 is 0. The Morgan fingerprint density at radius 2 is 1.56 bits per heavy atom. The van der Waals surface area contributed by atoms with Crippen LogP contribution < -0.4 is 4.90 Å². The van der Waals surface area contributed by atoms with Gasteiger partial charge in [-0.05, 0) is 25.5 Å². The molecule has 0 saturated carbocycles. The maximum Gasteiger partial charge on any atom is 0.274 e. The number of carbonyl (C=O) groups excluding carboxylic acids is 1. The summed E-state index contributed by atoms with van der Waals surface area (Å²) < 4.78 is 26.0. The van der Waals surface area contributed by atoms with Gasteiger partial charge in [-0.3, -0.25) is 9.69 Å². The molecule has 0 radical (unpaired) electrons. The third kappa shape index (κ3) is 4.37. The van der Waals surface area contributed by atoms with Gasteiger partial charge in [-0.1, -0.05) is 76.5 Å². The first-order valence-electron chi connectivity index (χ1n) is 9.88. The molecular weight excluding hydrogens is 362 g/mol. The van der Waals surface area contributed by atoms with Gasteiger partial charge in [0.1, 0.15) is 6.26 Å². The minimum atomic E-state index is -3.94. The molecular formula is C21H31NO4S. The topological polar surface area (TPSA) is 74.7 Å². The molecule has 0 spiro atoms. The van der Waals surface area contributed by atoms with Crippen LogP contribution >= 0.6 is 0 Å². The fourth-order valence-electron chi connectivity index (χ4n) is 3.72. The third-order valence-electron chi connectivity index (χ3n) is 5.38. The van der Waals surface area contributed by atoms with Crippen LogP contribution in [0.25, 0.3) is 0 Å². The second kappa shape index (κ2) is 9.40. The van der Waals surface area contributed by atoms with Gasteiger partial charge in [0.2, 0.25) is 9.84 Å². The number of anilines is 1. The Hall–Kier alpha value is -1.82. The average Bonchev–Trinajstić information content (AvgIpc) is 2.79. The summed E-state index contributed by atoms with van der Waals surface area (Å²) in [7, 11) is -3.94. The Morgan fingerprint density at radius 3 is 2.11 bits per heavy atom. The molecule has 5 nitrogen and oxygen atoms in total. The molecule has 1 aromatic rings. The van der Waals surface area contributed by atoms with Crippen LogP contribution in [0.5, 0.6) is 0 Å². The van der Waals surface area contributed by atoms with Crippen molar-refractivity contribution in [2.75, 3.05) is 4.90 Å². The van der Waals surface area contributed by atoms with Crippen LogP contribution in [0.4, 0.5) is 5.69 Å². The maximum atomic E-state index is 13.0. The monoisotopic (exact) mass is 393 g/mol. The summed E-state index contributed by atoms with van der Waals surface area (Å²) in [5, 5.41) is 9.39. The Kier molecular flexibility index (Phi) is 7.48. The first kappa shape index (κ1) is 21.5. The standard InChI is InChI=1S/C21H31NO4S/c1-3-4-5-6-7-8-9-13-16-21(2)22(18-14-11-10-12-15-18)20(24)19(17-23)27(21,25)26/h10-12,14-15,17,23H,3-9,13,16H2,1-2H3/b19-17+. The van der Waals surface area contributed by atoms with Crippen molar-refractivity contribution in [3.05, 3.63) is 41.5 Å². The normalized spacial score (nSPS) is 23.3. The van der Waals surface area contributed by atoms with Crippen molar-refractivity contribution in [2.45, 2.75) is 76.5 Å². The van der Waals surface area contributed by atoms with E-state index in [9.17, 15) is 18.3 Å². The molecule has 1 heterocycles. The minimum Gasteiger partial charge on any atom is -0.514 e. The number of unbranched alkanes of at least 4 members (excludes halogenated alkanes) is 7. The number of amides is 1. The smallest absolute Gasteiger partial charge is 0.274 e. The number of hydrogen-bond donors (Lipinski definition) is 1. The minimum absolute atomic E-state index is 0.349. The zero-order valence-corrected chi connectivity index (χ0v) is 17.2. The predicted octanol–water partition coefficient (Wildman–Crippen LogP) is 5.09. The molecule has 1 aliphatic rings. The van der Waals surface area contributed by atoms with Crippen LogP contribution in [0.15, 0.2) is 41.5 Å². The molecule has 2 rings (SSSR count). The van der Waals surface area contributed by atoms with Crippen LogP contribution in [0.2, 0.25) is 0 Å². The molecule has 1 fully saturated rings. The number of nitrogens with zero attached hydrogens (tertiary/aromatic N) is 1. The Morgan fingerprint density at radius 1 is 1.00 bits per heavy atom. The van der Waals surface area contributed by atoms with Crippen molar-refractivity contribution in [3.63, 3.8) is 0 Å². The number of aliphatic hydroxyl groups is 1. The highest BCUT2D eigenvalue weighted by Gasteiger charge is 2.58. The van der Waals surface area contributed by atoms with Crippen LogP contribution in [-0.4, -0.2) is 24.3 Å². The van der Waals surface area contributed by atoms with E-state index in [1.807, 2.05) is 6.07 Å². The van der Waals surface area contributed by atoms with Gasteiger partial charge in [0, 0.05) is 5.69 Å². The van der Waals surface area contributed by atoms with Crippen molar-refractivity contribution in [3.8, 4) is 0 Å². The highest BCUT2D eigenvalue weighted by atomic mass is 32.2. The van der Waals surface area contributed by atoms with Gasteiger partial charge < -0.3 is 5.11 Å². The second-order valence-corrected chi connectivity index (χ2v) is 9.70. The molecule has 1 aliphatic heterocycles. The first-order chi connectivity index (χ1) is 12.9. The Bertz CT molecular complexity index is 758. The molecule has 1 unspecified atom stereocenters. The summed E-state index contributed by atoms with van der Waals surface area (Å²) in [6.45, 7) is 3.78. The fraction of sp³-hybridized carbons (Fsp3) is 0.571. The first-order valence-corrected chi connectivity index (χ1v) is 11.4. The van der Waals surface area contributed by atoms with E-state index in [-0.39, 0.29) is 0 Å². The molecule has 1 N–H and O–H groups in total. The molecule has 0 aromatic heterocycles. The van der Waals surface area contributed by atoms with Gasteiger partial charge in [-0.2, -0.15) is 0 Å². The lowest BCUT2D eigenvalue weighted by Gasteiger charge is -2.33. The number of carbonyl (C=O) groups is 1. The van der Waals surface area contributed by atoms with Gasteiger partial charge in [-0.15, -0.1) is 0 Å². The SMILES string of the molecule is CCCCCCCCCCC1(C)N(c2ccccc2)C(=O)/C(=C\O)S1(=O)=O. The van der Waals surface area contributed by atoms with E-state index in [0.717, 1.165) is 25.7 Å². The largest absolute Gasteiger partial charge is 0.514 e. The highest BCUT2D eigenvalue weighted by molar-refractivity contribution is 7.98. The predicted molar refractivity (Wildman–Crippen MR) is 109 cm³/mol. The van der Waals surface area contributed by atoms with Gasteiger partial charge in [-0.25, -0.2) is 8.42 Å². The molecule has 0 aliphatic carbocycles. The third-order valence-corrected chi connectivity index (χ3v) is 7.78.